The minimum Gasteiger partial charge on any atom is -0.357 e. The summed E-state index contributed by atoms with van der Waals surface area (Å²) in [6.07, 6.45) is 7.26. The molecule has 0 aromatic heterocycles. The topological polar surface area (TPSA) is 68.8 Å². The summed E-state index contributed by atoms with van der Waals surface area (Å²) in [7, 11) is 2.24. The highest BCUT2D eigenvalue weighted by Crippen LogP contribution is 2.31. The zero-order valence-electron chi connectivity index (χ0n) is 17.3. The molecule has 0 spiro atoms. The number of para-hydroxylation sites is 1. The predicted molar refractivity (Wildman–Crippen MR) is 116 cm³/mol. The second kappa shape index (κ2) is 10.5. The third kappa shape index (κ3) is 5.71. The number of nitrogens with zero attached hydrogens (tertiary/aromatic N) is 2. The van der Waals surface area contributed by atoms with Gasteiger partial charge < -0.3 is 20.9 Å². The van der Waals surface area contributed by atoms with Crippen molar-refractivity contribution < 1.29 is 4.79 Å². The summed E-state index contributed by atoms with van der Waals surface area (Å²) >= 11 is 0. The first-order valence-electron chi connectivity index (χ1n) is 10.8. The first-order valence-corrected chi connectivity index (χ1v) is 10.8. The van der Waals surface area contributed by atoms with Gasteiger partial charge in [0, 0.05) is 43.7 Å². The van der Waals surface area contributed by atoms with Crippen LogP contribution in [0.3, 0.4) is 0 Å². The first-order chi connectivity index (χ1) is 13.7. The number of amides is 1. The number of aliphatic imine (C=N–C) groups is 1. The fraction of sp³-hybridized carbons (Fsp3) is 0.636. The molecule has 0 radical (unpaired) electrons. The Hall–Kier alpha value is -2.08. The number of hydrogen-bond donors (Lipinski definition) is 3. The number of hydrogen-bond acceptors (Lipinski definition) is 3. The summed E-state index contributed by atoms with van der Waals surface area (Å²) in [5, 5.41) is 9.75. The van der Waals surface area contributed by atoms with Gasteiger partial charge in [0.2, 0.25) is 5.91 Å². The minimum atomic E-state index is 0.0750. The van der Waals surface area contributed by atoms with E-state index in [1.165, 1.54) is 37.7 Å². The molecule has 1 amide bonds. The quantitative estimate of drug-likeness (QED) is 0.499. The van der Waals surface area contributed by atoms with Crippen LogP contribution in [-0.2, 0) is 4.79 Å². The van der Waals surface area contributed by atoms with Crippen LogP contribution in [0.1, 0.15) is 56.9 Å². The van der Waals surface area contributed by atoms with E-state index in [2.05, 4.69) is 40.9 Å². The molecule has 1 aromatic rings. The fourth-order valence-electron chi connectivity index (χ4n) is 4.26. The third-order valence-corrected chi connectivity index (χ3v) is 5.88. The van der Waals surface area contributed by atoms with Gasteiger partial charge in [0.05, 0.1) is 6.54 Å². The molecular weight excluding hydrogens is 350 g/mol. The Morgan fingerprint density at radius 2 is 2.00 bits per heavy atom. The highest BCUT2D eigenvalue weighted by Gasteiger charge is 2.24. The van der Waals surface area contributed by atoms with Crippen molar-refractivity contribution in [1.29, 1.82) is 0 Å². The van der Waals surface area contributed by atoms with Crippen molar-refractivity contribution >= 4 is 17.6 Å². The lowest BCUT2D eigenvalue weighted by atomic mass is 9.91. The largest absolute Gasteiger partial charge is 0.357 e. The van der Waals surface area contributed by atoms with Crippen molar-refractivity contribution in [2.45, 2.75) is 57.4 Å². The lowest BCUT2D eigenvalue weighted by Crippen LogP contribution is -2.43. The summed E-state index contributed by atoms with van der Waals surface area (Å²) in [5.41, 5.74) is 2.10. The van der Waals surface area contributed by atoms with Gasteiger partial charge in [-0.25, -0.2) is 0 Å². The van der Waals surface area contributed by atoms with Crippen LogP contribution in [0, 0.1) is 0 Å². The van der Waals surface area contributed by atoms with Gasteiger partial charge in [-0.2, -0.15) is 0 Å². The van der Waals surface area contributed by atoms with Crippen LogP contribution < -0.4 is 16.0 Å². The molecule has 3 N–H and O–H groups in total. The number of guanidine groups is 1. The van der Waals surface area contributed by atoms with Crippen LogP contribution in [0.25, 0.3) is 0 Å². The van der Waals surface area contributed by atoms with Gasteiger partial charge in [-0.05, 0) is 38.4 Å². The molecular formula is C22H35N5O. The van der Waals surface area contributed by atoms with Gasteiger partial charge in [-0.3, -0.25) is 9.79 Å². The number of likely N-dealkylation sites (N-methyl/N-ethyl adjacent to an activating group) is 1. The van der Waals surface area contributed by atoms with Gasteiger partial charge in [0.15, 0.2) is 5.96 Å². The molecule has 1 unspecified atom stereocenters. The smallest absolute Gasteiger partial charge is 0.225 e. The Labute approximate surface area is 169 Å². The van der Waals surface area contributed by atoms with E-state index >= 15 is 0 Å². The molecule has 6 heteroatoms. The second-order valence-electron chi connectivity index (χ2n) is 7.96. The van der Waals surface area contributed by atoms with Crippen molar-refractivity contribution in [2.75, 3.05) is 38.5 Å². The molecule has 1 fully saturated rings. The SMILES string of the molecule is CCNC(=NCC1CC(=O)Nc2ccccc21)NCCN(C)C1CCCCC1. The standard InChI is InChI=1S/C22H35N5O/c1-3-23-22(24-13-14-27(2)18-9-5-4-6-10-18)25-16-17-15-21(28)26-20-12-8-7-11-19(17)20/h7-8,11-12,17-18H,3-6,9-10,13-16H2,1-2H3,(H,26,28)(H2,23,24,25). The Bertz CT molecular complexity index is 669. The average Bonchev–Trinajstić information content (AvgIpc) is 2.72. The van der Waals surface area contributed by atoms with E-state index in [0.717, 1.165) is 37.3 Å². The van der Waals surface area contributed by atoms with E-state index < -0.39 is 0 Å². The number of nitrogens with one attached hydrogen (secondary N) is 3. The maximum atomic E-state index is 12.0. The van der Waals surface area contributed by atoms with Crippen molar-refractivity contribution in [3.63, 3.8) is 0 Å². The van der Waals surface area contributed by atoms with E-state index in [9.17, 15) is 4.79 Å². The zero-order valence-corrected chi connectivity index (χ0v) is 17.3. The van der Waals surface area contributed by atoms with Crippen LogP contribution in [0.2, 0.25) is 0 Å². The molecule has 0 saturated heterocycles. The summed E-state index contributed by atoms with van der Waals surface area (Å²) < 4.78 is 0. The van der Waals surface area contributed by atoms with Crippen molar-refractivity contribution in [3.05, 3.63) is 29.8 Å². The van der Waals surface area contributed by atoms with Gasteiger partial charge in [-0.1, -0.05) is 37.5 Å². The van der Waals surface area contributed by atoms with E-state index in [1.807, 2.05) is 18.2 Å². The van der Waals surface area contributed by atoms with Crippen molar-refractivity contribution in [3.8, 4) is 0 Å². The Morgan fingerprint density at radius 1 is 1.21 bits per heavy atom. The van der Waals surface area contributed by atoms with Crippen molar-refractivity contribution in [1.82, 2.24) is 15.5 Å². The van der Waals surface area contributed by atoms with E-state index in [0.29, 0.717) is 13.0 Å². The Balaban J connectivity index is 1.53. The summed E-state index contributed by atoms with van der Waals surface area (Å²) in [6.45, 7) is 5.41. The van der Waals surface area contributed by atoms with Crippen molar-refractivity contribution in [2.24, 2.45) is 4.99 Å². The predicted octanol–water partition coefficient (Wildman–Crippen LogP) is 2.93. The highest BCUT2D eigenvalue weighted by atomic mass is 16.1. The molecule has 1 aromatic carbocycles. The Kier molecular flexibility index (Phi) is 7.71. The lowest BCUT2D eigenvalue weighted by Gasteiger charge is -2.31. The summed E-state index contributed by atoms with van der Waals surface area (Å²) in [5.74, 6) is 1.04. The molecule has 28 heavy (non-hydrogen) atoms. The molecule has 3 rings (SSSR count). The molecule has 1 aliphatic carbocycles. The molecule has 6 nitrogen and oxygen atoms in total. The van der Waals surface area contributed by atoms with Crippen LogP contribution in [0.5, 0.6) is 0 Å². The van der Waals surface area contributed by atoms with Gasteiger partial charge >= 0.3 is 0 Å². The molecule has 1 heterocycles. The Morgan fingerprint density at radius 3 is 2.79 bits per heavy atom. The molecule has 1 saturated carbocycles. The second-order valence-corrected chi connectivity index (χ2v) is 7.96. The normalized spacial score (nSPS) is 20.6. The van der Waals surface area contributed by atoms with Crippen LogP contribution in [-0.4, -0.2) is 56.0 Å². The number of carbonyl (C=O) groups excluding carboxylic acids is 1. The molecule has 154 valence electrons. The monoisotopic (exact) mass is 385 g/mol. The van der Waals surface area contributed by atoms with E-state index in [1.54, 1.807) is 0 Å². The highest BCUT2D eigenvalue weighted by molar-refractivity contribution is 5.94. The summed E-state index contributed by atoms with van der Waals surface area (Å²) in [6, 6.07) is 8.77. The maximum absolute atomic E-state index is 12.0. The number of benzene rings is 1. The number of fused-ring (bicyclic) bond motifs is 1. The minimum absolute atomic E-state index is 0.0750. The molecule has 0 bridgehead atoms. The first kappa shape index (κ1) is 20.6. The average molecular weight is 386 g/mol. The molecule has 2 aliphatic rings. The molecule has 1 aliphatic heterocycles. The number of rotatable bonds is 7. The summed E-state index contributed by atoms with van der Waals surface area (Å²) in [4.78, 5) is 19.3. The van der Waals surface area contributed by atoms with E-state index in [4.69, 9.17) is 4.99 Å². The van der Waals surface area contributed by atoms with Crippen LogP contribution in [0.4, 0.5) is 5.69 Å². The van der Waals surface area contributed by atoms with Gasteiger partial charge in [-0.15, -0.1) is 0 Å². The third-order valence-electron chi connectivity index (χ3n) is 5.88. The lowest BCUT2D eigenvalue weighted by molar-refractivity contribution is -0.116. The van der Waals surface area contributed by atoms with E-state index in [-0.39, 0.29) is 11.8 Å². The zero-order chi connectivity index (χ0) is 19.8. The van der Waals surface area contributed by atoms with Crippen LogP contribution >= 0.6 is 0 Å². The van der Waals surface area contributed by atoms with Gasteiger partial charge in [0.1, 0.15) is 0 Å². The number of carbonyl (C=O) groups is 1. The van der Waals surface area contributed by atoms with Crippen LogP contribution in [0.15, 0.2) is 29.3 Å². The molecule has 1 atom stereocenters. The number of anilines is 1. The fourth-order valence-corrected chi connectivity index (χ4v) is 4.26. The van der Waals surface area contributed by atoms with Gasteiger partial charge in [0.25, 0.3) is 0 Å². The maximum Gasteiger partial charge on any atom is 0.225 e.